The van der Waals surface area contributed by atoms with E-state index in [9.17, 15) is 25.2 Å². The molecule has 11 nitrogen and oxygen atoms in total. The first-order valence-corrected chi connectivity index (χ1v) is 11.0. The van der Waals surface area contributed by atoms with Crippen LogP contribution in [0.2, 0.25) is 0 Å². The number of ether oxygens (including phenoxy) is 5. The van der Waals surface area contributed by atoms with Crippen LogP contribution in [0.15, 0.2) is 24.3 Å². The van der Waals surface area contributed by atoms with Gasteiger partial charge < -0.3 is 44.1 Å². The lowest BCUT2D eigenvalue weighted by Crippen LogP contribution is -2.63. The first-order valence-electron chi connectivity index (χ1n) is 11.0. The molecule has 5 unspecified atom stereocenters. The van der Waals surface area contributed by atoms with Crippen molar-refractivity contribution in [1.29, 1.82) is 0 Å². The maximum absolute atomic E-state index is 13.7. The molecule has 3 heterocycles. The van der Waals surface area contributed by atoms with Crippen LogP contribution in [0.5, 0.6) is 23.0 Å². The number of carbonyl (C=O) groups excluding carboxylic acids is 1. The summed E-state index contributed by atoms with van der Waals surface area (Å²) in [7, 11) is 3.05. The molecule has 0 spiro atoms. The zero-order valence-corrected chi connectivity index (χ0v) is 18.8. The molecule has 1 amide bonds. The second-order valence-corrected chi connectivity index (χ2v) is 8.62. The molecule has 0 aliphatic carbocycles. The third-order valence-electron chi connectivity index (χ3n) is 6.87. The summed E-state index contributed by atoms with van der Waals surface area (Å²) >= 11 is 0. The smallest absolute Gasteiger partial charge is 0.261 e. The maximum Gasteiger partial charge on any atom is 0.261 e. The van der Waals surface area contributed by atoms with E-state index in [0.717, 1.165) is 0 Å². The highest BCUT2D eigenvalue weighted by molar-refractivity contribution is 6.32. The molecule has 3 aliphatic heterocycles. The Morgan fingerprint density at radius 1 is 0.971 bits per heavy atom. The largest absolute Gasteiger partial charge is 0.497 e. The second kappa shape index (κ2) is 7.83. The van der Waals surface area contributed by atoms with Crippen molar-refractivity contribution in [3.05, 3.63) is 29.8 Å². The Labute approximate surface area is 198 Å². The van der Waals surface area contributed by atoms with Gasteiger partial charge in [0.1, 0.15) is 35.9 Å². The SMILES string of the molecule is COc1cc(OC)c2cc3c4c(cc5c(c4c2c1)OCO5)C(=O)N3C1OC(CO)C(O)C(O)C1O. The van der Waals surface area contributed by atoms with E-state index in [1.165, 1.54) is 19.1 Å². The van der Waals surface area contributed by atoms with Crippen molar-refractivity contribution in [3.8, 4) is 23.0 Å². The number of rotatable bonds is 4. The third-order valence-corrected chi connectivity index (χ3v) is 6.87. The Morgan fingerprint density at radius 2 is 1.77 bits per heavy atom. The molecule has 0 radical (unpaired) electrons. The van der Waals surface area contributed by atoms with Gasteiger partial charge in [-0.05, 0) is 18.2 Å². The predicted molar refractivity (Wildman–Crippen MR) is 121 cm³/mol. The number of hydrogen-bond acceptors (Lipinski definition) is 10. The number of aliphatic hydroxyl groups excluding tert-OH is 4. The Bertz CT molecular complexity index is 1370. The Hall–Kier alpha value is -3.35. The van der Waals surface area contributed by atoms with Gasteiger partial charge >= 0.3 is 0 Å². The first-order chi connectivity index (χ1) is 16.9. The summed E-state index contributed by atoms with van der Waals surface area (Å²) in [4.78, 5) is 15.0. The Morgan fingerprint density at radius 3 is 2.49 bits per heavy atom. The van der Waals surface area contributed by atoms with E-state index in [2.05, 4.69) is 0 Å². The van der Waals surface area contributed by atoms with Crippen molar-refractivity contribution >= 4 is 33.1 Å². The fourth-order valence-corrected chi connectivity index (χ4v) is 5.16. The van der Waals surface area contributed by atoms with Crippen molar-refractivity contribution in [3.63, 3.8) is 0 Å². The minimum atomic E-state index is -1.64. The van der Waals surface area contributed by atoms with Gasteiger partial charge in [-0.25, -0.2) is 0 Å². The van der Waals surface area contributed by atoms with Gasteiger partial charge in [0.2, 0.25) is 6.79 Å². The van der Waals surface area contributed by atoms with Gasteiger partial charge in [-0.1, -0.05) is 0 Å². The van der Waals surface area contributed by atoms with Crippen LogP contribution in [0.25, 0.3) is 21.5 Å². The molecule has 11 heteroatoms. The number of nitrogens with zero attached hydrogens (tertiary/aromatic N) is 1. The van der Waals surface area contributed by atoms with Gasteiger partial charge in [-0.2, -0.15) is 0 Å². The number of carbonyl (C=O) groups is 1. The van der Waals surface area contributed by atoms with Crippen LogP contribution in [-0.4, -0.2) is 84.6 Å². The molecular formula is C24H23NO10. The molecule has 3 aromatic carbocycles. The average molecular weight is 485 g/mol. The summed E-state index contributed by atoms with van der Waals surface area (Å²) < 4.78 is 28.2. The predicted octanol–water partition coefficient (Wildman–Crippen LogP) is 0.499. The lowest BCUT2D eigenvalue weighted by atomic mass is 9.96. The zero-order valence-electron chi connectivity index (χ0n) is 18.8. The van der Waals surface area contributed by atoms with E-state index in [4.69, 9.17) is 23.7 Å². The standard InChI is InChI=1S/C24H23NO10/c1-31-9-3-11-10(14(4-9)32-2)5-13-17-12(6-15-22(18(11)17)34-8-33-15)23(30)25(13)24-21(29)20(28)19(27)16(7-26)35-24/h3-6,16,19-21,24,26-29H,7-8H2,1-2H3. The lowest BCUT2D eigenvalue weighted by Gasteiger charge is -2.43. The van der Waals surface area contributed by atoms with Crippen molar-refractivity contribution in [2.24, 2.45) is 0 Å². The summed E-state index contributed by atoms with van der Waals surface area (Å²) in [6.07, 6.45) is -7.41. The Balaban J connectivity index is 1.65. The van der Waals surface area contributed by atoms with Gasteiger partial charge in [0, 0.05) is 27.6 Å². The minimum absolute atomic E-state index is 0.00860. The lowest BCUT2D eigenvalue weighted by molar-refractivity contribution is -0.226. The van der Waals surface area contributed by atoms with E-state index in [-0.39, 0.29) is 6.79 Å². The van der Waals surface area contributed by atoms with Crippen LogP contribution in [0.3, 0.4) is 0 Å². The topological polar surface area (TPSA) is 147 Å². The number of anilines is 1. The van der Waals surface area contributed by atoms with Crippen molar-refractivity contribution in [2.45, 2.75) is 30.6 Å². The molecule has 0 saturated carbocycles. The summed E-state index contributed by atoms with van der Waals surface area (Å²) in [5.41, 5.74) is 0.679. The molecule has 1 saturated heterocycles. The highest BCUT2D eigenvalue weighted by Gasteiger charge is 2.50. The molecule has 6 rings (SSSR count). The number of methoxy groups -OCH3 is 2. The highest BCUT2D eigenvalue weighted by Crippen LogP contribution is 2.53. The van der Waals surface area contributed by atoms with Gasteiger partial charge in [0.25, 0.3) is 5.91 Å². The number of hydrogen-bond donors (Lipinski definition) is 4. The molecule has 0 bridgehead atoms. The summed E-state index contributed by atoms with van der Waals surface area (Å²) in [6.45, 7) is -0.627. The third kappa shape index (κ3) is 2.93. The van der Waals surface area contributed by atoms with E-state index < -0.39 is 43.2 Å². The molecule has 1 fully saturated rings. The van der Waals surface area contributed by atoms with Crippen molar-refractivity contribution < 1.29 is 48.9 Å². The van der Waals surface area contributed by atoms with Gasteiger partial charge in [0.15, 0.2) is 17.7 Å². The quantitative estimate of drug-likeness (QED) is 0.385. The highest BCUT2D eigenvalue weighted by atomic mass is 16.7. The van der Waals surface area contributed by atoms with Crippen LogP contribution < -0.4 is 23.8 Å². The van der Waals surface area contributed by atoms with E-state index >= 15 is 0 Å². The van der Waals surface area contributed by atoms with Crippen LogP contribution in [0, 0.1) is 0 Å². The zero-order chi connectivity index (χ0) is 24.6. The summed E-state index contributed by atoms with van der Waals surface area (Å²) in [5, 5.41) is 43.5. The second-order valence-electron chi connectivity index (χ2n) is 8.62. The van der Waals surface area contributed by atoms with Crippen LogP contribution in [-0.2, 0) is 4.74 Å². The Kier molecular flexibility index (Phi) is 4.95. The van der Waals surface area contributed by atoms with Gasteiger partial charge in [0.05, 0.1) is 32.1 Å². The van der Waals surface area contributed by atoms with Crippen LogP contribution in [0.4, 0.5) is 5.69 Å². The van der Waals surface area contributed by atoms with E-state index in [0.29, 0.717) is 55.8 Å². The van der Waals surface area contributed by atoms with E-state index in [1.807, 2.05) is 6.07 Å². The van der Waals surface area contributed by atoms with Crippen molar-refractivity contribution in [2.75, 3.05) is 32.5 Å². The van der Waals surface area contributed by atoms with Crippen LogP contribution in [0.1, 0.15) is 10.4 Å². The number of amides is 1. The van der Waals surface area contributed by atoms with Crippen LogP contribution >= 0.6 is 0 Å². The van der Waals surface area contributed by atoms with Crippen molar-refractivity contribution in [1.82, 2.24) is 0 Å². The molecule has 3 aliphatic rings. The number of fused-ring (bicyclic) bond motifs is 4. The molecule has 3 aromatic rings. The fourth-order valence-electron chi connectivity index (χ4n) is 5.16. The molecule has 4 N–H and O–H groups in total. The minimum Gasteiger partial charge on any atom is -0.497 e. The molecule has 0 aromatic heterocycles. The first kappa shape index (κ1) is 22.1. The fraction of sp³-hybridized carbons (Fsp3) is 0.375. The number of benzene rings is 3. The average Bonchev–Trinajstić information content (AvgIpc) is 3.45. The number of aliphatic hydroxyl groups is 4. The summed E-state index contributed by atoms with van der Waals surface area (Å²) in [6, 6.07) is 6.82. The molecule has 35 heavy (non-hydrogen) atoms. The maximum atomic E-state index is 13.7. The molecular weight excluding hydrogens is 462 g/mol. The monoisotopic (exact) mass is 485 g/mol. The van der Waals surface area contributed by atoms with E-state index in [1.54, 1.807) is 18.2 Å². The molecule has 184 valence electrons. The van der Waals surface area contributed by atoms with Gasteiger partial charge in [-0.3, -0.25) is 9.69 Å². The molecule has 5 atom stereocenters. The summed E-state index contributed by atoms with van der Waals surface area (Å²) in [5.74, 6) is 1.35. The van der Waals surface area contributed by atoms with Gasteiger partial charge in [-0.15, -0.1) is 0 Å². The normalized spacial score (nSPS) is 27.2.